The average molecular weight is 375 g/mol. The second-order valence-electron chi connectivity index (χ2n) is 5.78. The number of hydrogen-bond donors (Lipinski definition) is 2. The van der Waals surface area contributed by atoms with Crippen LogP contribution in [-0.4, -0.2) is 36.6 Å². The van der Waals surface area contributed by atoms with E-state index in [9.17, 15) is 4.79 Å². The summed E-state index contributed by atoms with van der Waals surface area (Å²) < 4.78 is 1.40. The highest BCUT2D eigenvalue weighted by Crippen LogP contribution is 2.30. The number of rotatable bonds is 5. The zero-order valence-electron chi connectivity index (χ0n) is 13.2. The molecule has 3 aromatic rings. The van der Waals surface area contributed by atoms with E-state index in [2.05, 4.69) is 20.4 Å². The van der Waals surface area contributed by atoms with Gasteiger partial charge in [-0.05, 0) is 43.5 Å². The van der Waals surface area contributed by atoms with Crippen LogP contribution in [0.5, 0.6) is 0 Å². The fourth-order valence-electron chi connectivity index (χ4n) is 2.89. The van der Waals surface area contributed by atoms with E-state index >= 15 is 0 Å². The Kier molecular flexibility index (Phi) is 4.22. The molecule has 0 fully saturated rings. The number of nitrogens with zero attached hydrogens (tertiary/aromatic N) is 4. The highest BCUT2D eigenvalue weighted by atomic mass is 35.5. The van der Waals surface area contributed by atoms with Crippen molar-refractivity contribution in [1.82, 2.24) is 25.1 Å². The molecule has 2 aromatic heterocycles. The Hall–Kier alpha value is -2.32. The topological polar surface area (TPSA) is 102 Å². The standard InChI is InChI=1S/C16H15ClN6OS/c17-10-6-4-9(5-7-10)13(24)8-25-16-22-21-15(23(16)18)14-11-2-1-3-12(11)19-20-14/h4-7H,1-3,8,18H2,(H,19,20). The molecule has 0 saturated heterocycles. The van der Waals surface area contributed by atoms with E-state index in [1.807, 2.05) is 0 Å². The largest absolute Gasteiger partial charge is 0.335 e. The predicted molar refractivity (Wildman–Crippen MR) is 96.3 cm³/mol. The number of aromatic amines is 1. The van der Waals surface area contributed by atoms with Gasteiger partial charge in [0.05, 0.1) is 5.75 Å². The third-order valence-corrected chi connectivity index (χ3v) is 5.38. The van der Waals surface area contributed by atoms with Gasteiger partial charge in [-0.25, -0.2) is 4.68 Å². The van der Waals surface area contributed by atoms with Crippen molar-refractivity contribution in [3.63, 3.8) is 0 Å². The van der Waals surface area contributed by atoms with Gasteiger partial charge in [0.2, 0.25) is 11.0 Å². The lowest BCUT2D eigenvalue weighted by Crippen LogP contribution is -2.13. The SMILES string of the molecule is Nn1c(SCC(=O)c2ccc(Cl)cc2)nnc1-c1n[nH]c2c1CCC2. The van der Waals surface area contributed by atoms with E-state index in [-0.39, 0.29) is 11.5 Å². The maximum atomic E-state index is 12.2. The van der Waals surface area contributed by atoms with Crippen molar-refractivity contribution in [2.75, 3.05) is 11.6 Å². The molecule has 2 heterocycles. The van der Waals surface area contributed by atoms with Gasteiger partial charge in [0.15, 0.2) is 5.78 Å². The van der Waals surface area contributed by atoms with Crippen LogP contribution in [0.4, 0.5) is 0 Å². The number of thioether (sulfide) groups is 1. The van der Waals surface area contributed by atoms with Crippen molar-refractivity contribution in [2.45, 2.75) is 24.4 Å². The third-order valence-electron chi connectivity index (χ3n) is 4.18. The monoisotopic (exact) mass is 374 g/mol. The lowest BCUT2D eigenvalue weighted by atomic mass is 10.1. The maximum absolute atomic E-state index is 12.2. The number of aryl methyl sites for hydroxylation is 1. The van der Waals surface area contributed by atoms with E-state index in [4.69, 9.17) is 17.4 Å². The van der Waals surface area contributed by atoms with Crippen LogP contribution in [0.15, 0.2) is 29.4 Å². The number of benzene rings is 1. The summed E-state index contributed by atoms with van der Waals surface area (Å²) in [7, 11) is 0. The molecule has 0 spiro atoms. The summed E-state index contributed by atoms with van der Waals surface area (Å²) in [5, 5.41) is 16.7. The molecule has 128 valence electrons. The van der Waals surface area contributed by atoms with Gasteiger partial charge in [-0.1, -0.05) is 23.4 Å². The Morgan fingerprint density at radius 1 is 1.28 bits per heavy atom. The molecule has 0 unspecified atom stereocenters. The second-order valence-corrected chi connectivity index (χ2v) is 7.16. The summed E-state index contributed by atoms with van der Waals surface area (Å²) in [6.45, 7) is 0. The molecule has 1 aliphatic carbocycles. The molecular formula is C16H15ClN6OS. The first-order chi connectivity index (χ1) is 12.1. The summed E-state index contributed by atoms with van der Waals surface area (Å²) in [6, 6.07) is 6.80. The average Bonchev–Trinajstić information content (AvgIpc) is 3.30. The van der Waals surface area contributed by atoms with Gasteiger partial charge in [0.1, 0.15) is 5.69 Å². The molecule has 3 N–H and O–H groups in total. The first-order valence-electron chi connectivity index (χ1n) is 7.82. The smallest absolute Gasteiger partial charge is 0.210 e. The quantitative estimate of drug-likeness (QED) is 0.404. The predicted octanol–water partition coefficient (Wildman–Crippen LogP) is 2.50. The Labute approximate surface area is 152 Å². The van der Waals surface area contributed by atoms with Crippen molar-refractivity contribution in [3.8, 4) is 11.5 Å². The number of aromatic nitrogens is 5. The van der Waals surface area contributed by atoms with Crippen LogP contribution in [0.2, 0.25) is 5.02 Å². The van der Waals surface area contributed by atoms with Crippen LogP contribution in [0.25, 0.3) is 11.5 Å². The van der Waals surface area contributed by atoms with E-state index in [0.29, 0.717) is 21.6 Å². The normalized spacial score (nSPS) is 13.2. The molecule has 1 aliphatic rings. The zero-order chi connectivity index (χ0) is 17.4. The number of nitrogens with one attached hydrogen (secondary N) is 1. The second kappa shape index (κ2) is 6.53. The fourth-order valence-corrected chi connectivity index (χ4v) is 3.77. The van der Waals surface area contributed by atoms with Gasteiger partial charge in [0.25, 0.3) is 0 Å². The van der Waals surface area contributed by atoms with Crippen molar-refractivity contribution >= 4 is 29.1 Å². The van der Waals surface area contributed by atoms with Gasteiger partial charge in [-0.2, -0.15) is 5.10 Å². The summed E-state index contributed by atoms with van der Waals surface area (Å²) in [5.74, 6) is 6.83. The van der Waals surface area contributed by atoms with Gasteiger partial charge in [0, 0.05) is 21.8 Å². The third kappa shape index (κ3) is 3.03. The van der Waals surface area contributed by atoms with E-state index in [1.165, 1.54) is 16.4 Å². The number of ketones is 1. The van der Waals surface area contributed by atoms with E-state index in [1.54, 1.807) is 24.3 Å². The minimum Gasteiger partial charge on any atom is -0.335 e. The van der Waals surface area contributed by atoms with Crippen LogP contribution < -0.4 is 5.84 Å². The number of halogens is 1. The van der Waals surface area contributed by atoms with E-state index < -0.39 is 0 Å². The van der Waals surface area contributed by atoms with Gasteiger partial charge >= 0.3 is 0 Å². The molecule has 0 atom stereocenters. The van der Waals surface area contributed by atoms with Gasteiger partial charge in [-0.3, -0.25) is 9.89 Å². The number of Topliss-reactive ketones (excluding diaryl/α,β-unsaturated/α-hetero) is 1. The number of carbonyl (C=O) groups is 1. The highest BCUT2D eigenvalue weighted by molar-refractivity contribution is 7.99. The number of nitrogens with two attached hydrogens (primary N) is 1. The molecule has 1 aromatic carbocycles. The lowest BCUT2D eigenvalue weighted by molar-refractivity contribution is 0.102. The number of hydrogen-bond acceptors (Lipinski definition) is 6. The maximum Gasteiger partial charge on any atom is 0.210 e. The molecule has 0 bridgehead atoms. The van der Waals surface area contributed by atoms with Gasteiger partial charge in [-0.15, -0.1) is 10.2 Å². The van der Waals surface area contributed by atoms with Crippen LogP contribution in [-0.2, 0) is 12.8 Å². The van der Waals surface area contributed by atoms with Crippen LogP contribution in [0, 0.1) is 0 Å². The molecule has 0 amide bonds. The first kappa shape index (κ1) is 16.2. The minimum absolute atomic E-state index is 0.0214. The molecule has 7 nitrogen and oxygen atoms in total. The lowest BCUT2D eigenvalue weighted by Gasteiger charge is -2.03. The Morgan fingerprint density at radius 3 is 2.88 bits per heavy atom. The summed E-state index contributed by atoms with van der Waals surface area (Å²) in [4.78, 5) is 12.2. The summed E-state index contributed by atoms with van der Waals surface area (Å²) >= 11 is 7.09. The highest BCUT2D eigenvalue weighted by Gasteiger charge is 2.24. The first-order valence-corrected chi connectivity index (χ1v) is 9.18. The van der Waals surface area contributed by atoms with Crippen molar-refractivity contribution in [2.24, 2.45) is 0 Å². The van der Waals surface area contributed by atoms with Crippen LogP contribution in [0.1, 0.15) is 28.0 Å². The van der Waals surface area contributed by atoms with Crippen LogP contribution >= 0.6 is 23.4 Å². The molecule has 0 radical (unpaired) electrons. The minimum atomic E-state index is -0.0214. The molecule has 0 aliphatic heterocycles. The van der Waals surface area contributed by atoms with Crippen molar-refractivity contribution in [1.29, 1.82) is 0 Å². The molecule has 9 heteroatoms. The molecule has 25 heavy (non-hydrogen) atoms. The number of carbonyl (C=O) groups excluding carboxylic acids is 1. The zero-order valence-corrected chi connectivity index (χ0v) is 14.8. The Balaban J connectivity index is 1.50. The molecule has 0 saturated carbocycles. The summed E-state index contributed by atoms with van der Waals surface area (Å²) in [6.07, 6.45) is 3.07. The van der Waals surface area contributed by atoms with Crippen molar-refractivity contribution in [3.05, 3.63) is 46.1 Å². The number of H-pyrrole nitrogens is 1. The van der Waals surface area contributed by atoms with Gasteiger partial charge < -0.3 is 5.84 Å². The Morgan fingerprint density at radius 2 is 2.08 bits per heavy atom. The molecule has 4 rings (SSSR count). The fraction of sp³-hybridized carbons (Fsp3) is 0.250. The molecular weight excluding hydrogens is 360 g/mol. The number of fused-ring (bicyclic) bond motifs is 1. The van der Waals surface area contributed by atoms with Crippen LogP contribution in [0.3, 0.4) is 0 Å². The van der Waals surface area contributed by atoms with E-state index in [0.717, 1.165) is 36.2 Å². The number of nitrogen functional groups attached to an aromatic ring is 1. The van der Waals surface area contributed by atoms with Crippen molar-refractivity contribution < 1.29 is 4.79 Å². The Bertz CT molecular complexity index is 933. The summed E-state index contributed by atoms with van der Waals surface area (Å²) in [5.41, 5.74) is 3.65.